The molecule has 1 aromatic carbocycles. The number of carbonyl (C=O) groups excluding carboxylic acids is 1. The Balaban J connectivity index is 1.86. The SMILES string of the molecule is CCS(=O)(=O)Nc1ccc(CC(=O)NCc2cccs2)cc1. The molecule has 1 amide bonds. The zero-order valence-electron chi connectivity index (χ0n) is 12.2. The number of amides is 1. The van der Waals surface area contributed by atoms with E-state index in [1.807, 2.05) is 17.5 Å². The zero-order valence-corrected chi connectivity index (χ0v) is 13.8. The van der Waals surface area contributed by atoms with Gasteiger partial charge < -0.3 is 5.32 Å². The molecule has 118 valence electrons. The molecule has 0 aliphatic carbocycles. The molecular weight excluding hydrogens is 320 g/mol. The Labute approximate surface area is 134 Å². The van der Waals surface area contributed by atoms with Crippen LogP contribution in [0, 0.1) is 0 Å². The second kappa shape index (κ2) is 7.42. The molecule has 2 N–H and O–H groups in total. The summed E-state index contributed by atoms with van der Waals surface area (Å²) < 4.78 is 25.4. The highest BCUT2D eigenvalue weighted by Gasteiger charge is 2.07. The van der Waals surface area contributed by atoms with Crippen LogP contribution in [-0.2, 0) is 27.8 Å². The van der Waals surface area contributed by atoms with Crippen molar-refractivity contribution in [2.24, 2.45) is 0 Å². The van der Waals surface area contributed by atoms with Crippen molar-refractivity contribution in [3.8, 4) is 0 Å². The lowest BCUT2D eigenvalue weighted by Gasteiger charge is -2.07. The van der Waals surface area contributed by atoms with Gasteiger partial charge in [0.25, 0.3) is 0 Å². The third-order valence-electron chi connectivity index (χ3n) is 3.01. The quantitative estimate of drug-likeness (QED) is 0.814. The van der Waals surface area contributed by atoms with Crippen LogP contribution in [0.1, 0.15) is 17.4 Å². The monoisotopic (exact) mass is 338 g/mol. The Morgan fingerprint density at radius 3 is 2.50 bits per heavy atom. The second-order valence-electron chi connectivity index (χ2n) is 4.74. The molecule has 2 aromatic rings. The van der Waals surface area contributed by atoms with E-state index in [0.717, 1.165) is 10.4 Å². The van der Waals surface area contributed by atoms with Crippen molar-refractivity contribution in [3.05, 3.63) is 52.2 Å². The normalized spacial score (nSPS) is 11.1. The number of benzene rings is 1. The van der Waals surface area contributed by atoms with Gasteiger partial charge in [0.15, 0.2) is 0 Å². The maximum atomic E-state index is 11.8. The van der Waals surface area contributed by atoms with Crippen LogP contribution in [0.2, 0.25) is 0 Å². The van der Waals surface area contributed by atoms with Crippen molar-refractivity contribution in [2.45, 2.75) is 19.9 Å². The first kappa shape index (κ1) is 16.5. The molecule has 1 aromatic heterocycles. The average molecular weight is 338 g/mol. The van der Waals surface area contributed by atoms with E-state index in [0.29, 0.717) is 12.2 Å². The predicted octanol–water partition coefficient (Wildman–Crippen LogP) is 2.37. The van der Waals surface area contributed by atoms with Gasteiger partial charge in [0.2, 0.25) is 15.9 Å². The van der Waals surface area contributed by atoms with Gasteiger partial charge in [-0.25, -0.2) is 8.42 Å². The molecule has 0 radical (unpaired) electrons. The van der Waals surface area contributed by atoms with Gasteiger partial charge >= 0.3 is 0 Å². The zero-order chi connectivity index (χ0) is 16.0. The van der Waals surface area contributed by atoms with Gasteiger partial charge in [-0.15, -0.1) is 11.3 Å². The van der Waals surface area contributed by atoms with Gasteiger partial charge in [0.1, 0.15) is 0 Å². The standard InChI is InChI=1S/C15H18N2O3S2/c1-2-22(19,20)17-13-7-5-12(6-8-13)10-15(18)16-11-14-4-3-9-21-14/h3-9,17H,2,10-11H2,1H3,(H,16,18). The van der Waals surface area contributed by atoms with Crippen molar-refractivity contribution in [1.29, 1.82) is 0 Å². The molecule has 0 spiro atoms. The van der Waals surface area contributed by atoms with Crippen molar-refractivity contribution >= 4 is 33.0 Å². The Hall–Kier alpha value is -1.86. The average Bonchev–Trinajstić information content (AvgIpc) is 3.00. The lowest BCUT2D eigenvalue weighted by atomic mass is 10.1. The molecule has 1 heterocycles. The number of thiophene rings is 1. The number of anilines is 1. The van der Waals surface area contributed by atoms with E-state index < -0.39 is 10.0 Å². The van der Waals surface area contributed by atoms with E-state index in [1.54, 1.807) is 42.5 Å². The van der Waals surface area contributed by atoms with Crippen molar-refractivity contribution in [3.63, 3.8) is 0 Å². The minimum atomic E-state index is -3.27. The lowest BCUT2D eigenvalue weighted by Crippen LogP contribution is -2.24. The van der Waals surface area contributed by atoms with E-state index >= 15 is 0 Å². The van der Waals surface area contributed by atoms with Crippen molar-refractivity contribution < 1.29 is 13.2 Å². The number of sulfonamides is 1. The summed E-state index contributed by atoms with van der Waals surface area (Å²) in [6, 6.07) is 10.7. The molecule has 0 bridgehead atoms. The summed E-state index contributed by atoms with van der Waals surface area (Å²) in [7, 11) is -3.27. The number of hydrogen-bond donors (Lipinski definition) is 2. The third-order valence-corrected chi connectivity index (χ3v) is 5.20. The molecular formula is C15H18N2O3S2. The summed E-state index contributed by atoms with van der Waals surface area (Å²) in [4.78, 5) is 13.0. The van der Waals surface area contributed by atoms with Crippen LogP contribution in [0.4, 0.5) is 5.69 Å². The summed E-state index contributed by atoms with van der Waals surface area (Å²) in [6.45, 7) is 2.11. The van der Waals surface area contributed by atoms with E-state index in [4.69, 9.17) is 0 Å². The predicted molar refractivity (Wildman–Crippen MR) is 89.4 cm³/mol. The smallest absolute Gasteiger partial charge is 0.232 e. The summed E-state index contributed by atoms with van der Waals surface area (Å²) in [5.74, 6) is -0.0323. The summed E-state index contributed by atoms with van der Waals surface area (Å²) in [5, 5.41) is 4.83. The van der Waals surface area contributed by atoms with Gasteiger partial charge in [0, 0.05) is 10.6 Å². The first-order valence-electron chi connectivity index (χ1n) is 6.87. The maximum Gasteiger partial charge on any atom is 0.232 e. The van der Waals surface area contributed by atoms with Gasteiger partial charge in [-0.3, -0.25) is 9.52 Å². The van der Waals surface area contributed by atoms with Crippen molar-refractivity contribution in [2.75, 3.05) is 10.5 Å². The fraction of sp³-hybridized carbons (Fsp3) is 0.267. The Bertz CT molecular complexity index is 708. The Morgan fingerprint density at radius 1 is 1.18 bits per heavy atom. The number of rotatable bonds is 7. The largest absolute Gasteiger partial charge is 0.351 e. The molecule has 0 fully saturated rings. The highest BCUT2D eigenvalue weighted by Crippen LogP contribution is 2.12. The van der Waals surface area contributed by atoms with Gasteiger partial charge in [-0.05, 0) is 36.1 Å². The topological polar surface area (TPSA) is 75.3 Å². The molecule has 0 saturated carbocycles. The minimum absolute atomic E-state index is 0.0277. The minimum Gasteiger partial charge on any atom is -0.351 e. The molecule has 0 aliphatic rings. The molecule has 2 rings (SSSR count). The first-order chi connectivity index (χ1) is 10.5. The first-order valence-corrected chi connectivity index (χ1v) is 9.40. The molecule has 22 heavy (non-hydrogen) atoms. The van der Waals surface area contributed by atoms with Crippen LogP contribution >= 0.6 is 11.3 Å². The van der Waals surface area contributed by atoms with Gasteiger partial charge in [-0.1, -0.05) is 18.2 Å². The molecule has 0 saturated heterocycles. The molecule has 0 unspecified atom stereocenters. The number of carbonyl (C=O) groups is 1. The highest BCUT2D eigenvalue weighted by molar-refractivity contribution is 7.92. The van der Waals surface area contributed by atoms with Crippen LogP contribution < -0.4 is 10.0 Å². The van der Waals surface area contributed by atoms with E-state index in [9.17, 15) is 13.2 Å². The van der Waals surface area contributed by atoms with Crippen LogP contribution in [0.25, 0.3) is 0 Å². The number of nitrogens with one attached hydrogen (secondary N) is 2. The Morgan fingerprint density at radius 2 is 1.91 bits per heavy atom. The van der Waals surface area contributed by atoms with E-state index in [1.165, 1.54) is 0 Å². The summed E-state index contributed by atoms with van der Waals surface area (Å²) in [6.07, 6.45) is 0.270. The van der Waals surface area contributed by atoms with Gasteiger partial charge in [0.05, 0.1) is 18.7 Å². The molecule has 5 nitrogen and oxygen atoms in total. The van der Waals surface area contributed by atoms with Crippen LogP contribution in [0.5, 0.6) is 0 Å². The van der Waals surface area contributed by atoms with E-state index in [-0.39, 0.29) is 18.1 Å². The highest BCUT2D eigenvalue weighted by atomic mass is 32.2. The fourth-order valence-corrected chi connectivity index (χ4v) is 3.07. The molecule has 0 atom stereocenters. The van der Waals surface area contributed by atoms with Crippen LogP contribution in [0.15, 0.2) is 41.8 Å². The van der Waals surface area contributed by atoms with Crippen molar-refractivity contribution in [1.82, 2.24) is 5.32 Å². The molecule has 7 heteroatoms. The van der Waals surface area contributed by atoms with Crippen LogP contribution in [0.3, 0.4) is 0 Å². The van der Waals surface area contributed by atoms with E-state index in [2.05, 4.69) is 10.0 Å². The van der Waals surface area contributed by atoms with Gasteiger partial charge in [-0.2, -0.15) is 0 Å². The summed E-state index contributed by atoms with van der Waals surface area (Å²) >= 11 is 1.60. The lowest BCUT2D eigenvalue weighted by molar-refractivity contribution is -0.120. The Kier molecular flexibility index (Phi) is 5.57. The number of hydrogen-bond acceptors (Lipinski definition) is 4. The second-order valence-corrected chi connectivity index (χ2v) is 7.78. The molecule has 0 aliphatic heterocycles. The fourth-order valence-electron chi connectivity index (χ4n) is 1.79. The van der Waals surface area contributed by atoms with Crippen LogP contribution in [-0.4, -0.2) is 20.1 Å². The maximum absolute atomic E-state index is 11.8. The third kappa shape index (κ3) is 5.16. The summed E-state index contributed by atoms with van der Waals surface area (Å²) in [5.41, 5.74) is 1.34.